The van der Waals surface area contributed by atoms with Gasteiger partial charge in [0.05, 0.1) is 25.4 Å². The molecule has 2 aromatic rings. The van der Waals surface area contributed by atoms with Gasteiger partial charge in [-0.2, -0.15) is 0 Å². The van der Waals surface area contributed by atoms with Crippen LogP contribution < -0.4 is 0 Å². The van der Waals surface area contributed by atoms with Crippen molar-refractivity contribution >= 4 is 0 Å². The first-order valence-electron chi connectivity index (χ1n) is 19.9. The molecular formula is C44H70O2. The Balaban J connectivity index is 1.03. The SMILES string of the molecule is CCCC1CCC(CCCCc2ccc(CO[C@H](C)[C@@H](C)OCc3ccc(CCCCC4CCC(CCC)CC4)cc3)cc2)CC1. The van der Waals surface area contributed by atoms with Crippen LogP contribution in [0.4, 0.5) is 0 Å². The summed E-state index contributed by atoms with van der Waals surface area (Å²) in [5.74, 6) is 4.05. The number of ether oxygens (including phenoxy) is 2. The molecule has 0 bridgehead atoms. The lowest BCUT2D eigenvalue weighted by Crippen LogP contribution is -2.26. The molecule has 0 N–H and O–H groups in total. The van der Waals surface area contributed by atoms with Gasteiger partial charge in [0.1, 0.15) is 0 Å². The second-order valence-electron chi connectivity index (χ2n) is 15.5. The predicted octanol–water partition coefficient (Wildman–Crippen LogP) is 12.8. The number of rotatable bonds is 21. The van der Waals surface area contributed by atoms with Crippen molar-refractivity contribution in [3.63, 3.8) is 0 Å². The summed E-state index contributed by atoms with van der Waals surface area (Å²) < 4.78 is 12.4. The van der Waals surface area contributed by atoms with Gasteiger partial charge in [-0.1, -0.05) is 165 Å². The Labute approximate surface area is 284 Å². The Hall–Kier alpha value is -1.64. The number of hydrogen-bond donors (Lipinski definition) is 0. The highest BCUT2D eigenvalue weighted by atomic mass is 16.5. The number of unbranched alkanes of at least 4 members (excludes halogenated alkanes) is 2. The van der Waals surface area contributed by atoms with Gasteiger partial charge in [0, 0.05) is 0 Å². The van der Waals surface area contributed by atoms with Crippen molar-refractivity contribution in [3.05, 3.63) is 70.8 Å². The molecule has 0 unspecified atom stereocenters. The van der Waals surface area contributed by atoms with E-state index in [-0.39, 0.29) is 12.2 Å². The zero-order valence-corrected chi connectivity index (χ0v) is 30.5. The molecule has 2 nitrogen and oxygen atoms in total. The van der Waals surface area contributed by atoms with Crippen LogP contribution in [0.1, 0.15) is 166 Å². The summed E-state index contributed by atoms with van der Waals surface area (Å²) >= 11 is 0. The summed E-state index contributed by atoms with van der Waals surface area (Å²) in [5, 5.41) is 0. The smallest absolute Gasteiger partial charge is 0.0810 e. The van der Waals surface area contributed by atoms with E-state index < -0.39 is 0 Å². The van der Waals surface area contributed by atoms with Gasteiger partial charge in [-0.15, -0.1) is 0 Å². The summed E-state index contributed by atoms with van der Waals surface area (Å²) in [4.78, 5) is 0. The molecule has 258 valence electrons. The van der Waals surface area contributed by atoms with Gasteiger partial charge in [-0.25, -0.2) is 0 Å². The molecule has 0 radical (unpaired) electrons. The second-order valence-corrected chi connectivity index (χ2v) is 15.5. The number of hydrogen-bond acceptors (Lipinski definition) is 2. The lowest BCUT2D eigenvalue weighted by atomic mass is 9.78. The van der Waals surface area contributed by atoms with Crippen LogP contribution in [0.5, 0.6) is 0 Å². The van der Waals surface area contributed by atoms with E-state index in [4.69, 9.17) is 9.47 Å². The van der Waals surface area contributed by atoms with Crippen LogP contribution in [0.25, 0.3) is 0 Å². The Morgan fingerprint density at radius 2 is 0.761 bits per heavy atom. The predicted molar refractivity (Wildman–Crippen MR) is 197 cm³/mol. The first-order valence-corrected chi connectivity index (χ1v) is 19.9. The average Bonchev–Trinajstić information content (AvgIpc) is 3.09. The molecule has 2 fully saturated rings. The third kappa shape index (κ3) is 13.8. The minimum atomic E-state index is 0.0534. The molecule has 2 aromatic carbocycles. The van der Waals surface area contributed by atoms with Crippen LogP contribution >= 0.6 is 0 Å². The number of benzene rings is 2. The van der Waals surface area contributed by atoms with Crippen molar-refractivity contribution in [1.29, 1.82) is 0 Å². The molecule has 2 aliphatic rings. The first kappa shape index (κ1) is 37.2. The van der Waals surface area contributed by atoms with E-state index in [1.165, 1.54) is 151 Å². The molecule has 2 heteroatoms. The second kappa shape index (κ2) is 21.4. The topological polar surface area (TPSA) is 18.5 Å². The molecule has 0 spiro atoms. The van der Waals surface area contributed by atoms with Gasteiger partial charge in [0.2, 0.25) is 0 Å². The standard InChI is InChI=1S/C44H70O2/c1-5-11-37-17-21-39(22-18-37)13-7-9-15-41-25-29-43(30-26-41)33-45-35(3)36(4)46-34-44-31-27-42(28-32-44)16-10-8-14-40-23-19-38(12-6-2)20-24-40/h25-32,35-40H,5-24,33-34H2,1-4H3/t35-,36-,37?,38?,39?,40?/m1/s1. The molecule has 0 amide bonds. The lowest BCUT2D eigenvalue weighted by molar-refractivity contribution is -0.0687. The van der Waals surface area contributed by atoms with Crippen molar-refractivity contribution in [3.8, 4) is 0 Å². The molecule has 0 aromatic heterocycles. The maximum atomic E-state index is 6.22. The molecule has 2 aliphatic carbocycles. The van der Waals surface area contributed by atoms with Crippen molar-refractivity contribution < 1.29 is 9.47 Å². The number of aryl methyl sites for hydroxylation is 2. The highest BCUT2D eigenvalue weighted by Gasteiger charge is 2.21. The van der Waals surface area contributed by atoms with E-state index in [9.17, 15) is 0 Å². The molecule has 0 heterocycles. The van der Waals surface area contributed by atoms with E-state index in [0.717, 1.165) is 23.7 Å². The van der Waals surface area contributed by atoms with E-state index >= 15 is 0 Å². The molecule has 0 aliphatic heterocycles. The van der Waals surface area contributed by atoms with Crippen LogP contribution in [-0.4, -0.2) is 12.2 Å². The maximum Gasteiger partial charge on any atom is 0.0810 e. The van der Waals surface area contributed by atoms with E-state index in [1.807, 2.05) is 0 Å². The van der Waals surface area contributed by atoms with E-state index in [1.54, 1.807) is 0 Å². The van der Waals surface area contributed by atoms with E-state index in [2.05, 4.69) is 76.2 Å². The Morgan fingerprint density at radius 3 is 1.09 bits per heavy atom. The first-order chi connectivity index (χ1) is 22.5. The monoisotopic (exact) mass is 631 g/mol. The Kier molecular flexibility index (Phi) is 17.3. The van der Waals surface area contributed by atoms with Crippen molar-refractivity contribution in [2.75, 3.05) is 0 Å². The minimum absolute atomic E-state index is 0.0534. The molecule has 46 heavy (non-hydrogen) atoms. The fourth-order valence-electron chi connectivity index (χ4n) is 8.29. The summed E-state index contributed by atoms with van der Waals surface area (Å²) in [5.41, 5.74) is 5.43. The van der Waals surface area contributed by atoms with Crippen LogP contribution in [0, 0.1) is 23.7 Å². The van der Waals surface area contributed by atoms with E-state index in [0.29, 0.717) is 13.2 Å². The van der Waals surface area contributed by atoms with Gasteiger partial charge in [-0.05, 0) is 85.5 Å². The molecule has 2 saturated carbocycles. The van der Waals surface area contributed by atoms with Crippen molar-refractivity contribution in [2.24, 2.45) is 23.7 Å². The maximum absolute atomic E-state index is 6.22. The molecule has 4 rings (SSSR count). The minimum Gasteiger partial charge on any atom is -0.371 e. The molecule has 0 saturated heterocycles. The van der Waals surface area contributed by atoms with Gasteiger partial charge in [-0.3, -0.25) is 0 Å². The Morgan fingerprint density at radius 1 is 0.457 bits per heavy atom. The highest BCUT2D eigenvalue weighted by Crippen LogP contribution is 2.35. The van der Waals surface area contributed by atoms with Crippen LogP contribution in [0.2, 0.25) is 0 Å². The largest absolute Gasteiger partial charge is 0.371 e. The van der Waals surface area contributed by atoms with Crippen LogP contribution in [0.15, 0.2) is 48.5 Å². The fourth-order valence-corrected chi connectivity index (χ4v) is 8.29. The van der Waals surface area contributed by atoms with Crippen molar-refractivity contribution in [1.82, 2.24) is 0 Å². The van der Waals surface area contributed by atoms with Gasteiger partial charge in [0.25, 0.3) is 0 Å². The van der Waals surface area contributed by atoms with Gasteiger partial charge in [0.15, 0.2) is 0 Å². The average molecular weight is 631 g/mol. The van der Waals surface area contributed by atoms with Crippen molar-refractivity contribution in [2.45, 2.75) is 182 Å². The highest BCUT2D eigenvalue weighted by molar-refractivity contribution is 5.23. The normalized spacial score (nSPS) is 23.3. The van der Waals surface area contributed by atoms with Crippen LogP contribution in [-0.2, 0) is 35.5 Å². The fraction of sp³-hybridized carbons (Fsp3) is 0.727. The lowest BCUT2D eigenvalue weighted by Gasteiger charge is -2.28. The van der Waals surface area contributed by atoms with Gasteiger partial charge < -0.3 is 9.47 Å². The summed E-state index contributed by atoms with van der Waals surface area (Å²) in [6, 6.07) is 18.2. The zero-order chi connectivity index (χ0) is 32.4. The third-order valence-electron chi connectivity index (χ3n) is 11.7. The quantitative estimate of drug-likeness (QED) is 0.128. The third-order valence-corrected chi connectivity index (χ3v) is 11.7. The Bertz CT molecular complexity index is 941. The summed E-state index contributed by atoms with van der Waals surface area (Å²) in [6.45, 7) is 10.2. The van der Waals surface area contributed by atoms with Gasteiger partial charge >= 0.3 is 0 Å². The zero-order valence-electron chi connectivity index (χ0n) is 30.5. The molecule has 2 atom stereocenters. The summed E-state index contributed by atoms with van der Waals surface area (Å²) in [7, 11) is 0. The van der Waals surface area contributed by atoms with Crippen LogP contribution in [0.3, 0.4) is 0 Å². The summed E-state index contributed by atoms with van der Waals surface area (Å²) in [6.07, 6.45) is 28.3. The molecular weight excluding hydrogens is 560 g/mol.